The number of nitrogens with zero attached hydrogens (tertiary/aromatic N) is 3. The molecule has 0 aliphatic carbocycles. The Labute approximate surface area is 166 Å². The number of nitro benzene ring substituents is 1. The predicted molar refractivity (Wildman–Crippen MR) is 100 cm³/mol. The Morgan fingerprint density at radius 2 is 1.79 bits per heavy atom. The van der Waals surface area contributed by atoms with Crippen molar-refractivity contribution in [1.29, 1.82) is 0 Å². The maximum Gasteiger partial charge on any atom is 0.435 e. The minimum Gasteiger partial charge on any atom is -0.283 e. The Balaban J connectivity index is 2.17. The first-order valence-electron chi connectivity index (χ1n) is 8.04. The maximum atomic E-state index is 13.3. The molecule has 2 aromatic carbocycles. The molecule has 0 atom stereocenters. The summed E-state index contributed by atoms with van der Waals surface area (Å²) in [5.41, 5.74) is -2.03. The summed E-state index contributed by atoms with van der Waals surface area (Å²) in [7, 11) is 0. The monoisotopic (exact) mass is 424 g/mol. The summed E-state index contributed by atoms with van der Waals surface area (Å²) in [5.74, 6) is 0. The molecule has 1 amide bonds. The van der Waals surface area contributed by atoms with Crippen molar-refractivity contribution in [2.45, 2.75) is 13.1 Å². The van der Waals surface area contributed by atoms with Crippen molar-refractivity contribution in [2.75, 3.05) is 4.90 Å². The third-order valence-electron chi connectivity index (χ3n) is 4.15. The molecule has 7 nitrogen and oxygen atoms in total. The Hall–Kier alpha value is -3.40. The zero-order chi connectivity index (χ0) is 21.3. The minimum atomic E-state index is -4.80. The van der Waals surface area contributed by atoms with Crippen LogP contribution in [0.4, 0.5) is 30.2 Å². The van der Waals surface area contributed by atoms with Gasteiger partial charge >= 0.3 is 6.18 Å². The summed E-state index contributed by atoms with van der Waals surface area (Å²) in [4.78, 5) is 23.5. The van der Waals surface area contributed by atoms with Gasteiger partial charge in [0.2, 0.25) is 6.41 Å². The number of alkyl halides is 3. The Kier molecular flexibility index (Phi) is 5.29. The van der Waals surface area contributed by atoms with E-state index in [1.54, 1.807) is 0 Å². The van der Waals surface area contributed by atoms with Crippen LogP contribution in [-0.2, 0) is 11.0 Å². The molecule has 3 aromatic rings. The molecule has 0 bridgehead atoms. The lowest BCUT2D eigenvalue weighted by atomic mass is 10.0. The minimum absolute atomic E-state index is 0.0260. The van der Waals surface area contributed by atoms with Crippen LogP contribution in [0.25, 0.3) is 11.1 Å². The van der Waals surface area contributed by atoms with Crippen LogP contribution in [0, 0.1) is 17.0 Å². The number of halogens is 4. The van der Waals surface area contributed by atoms with E-state index in [0.717, 1.165) is 17.0 Å². The summed E-state index contributed by atoms with van der Waals surface area (Å²) in [5, 5.41) is 17.5. The van der Waals surface area contributed by atoms with Crippen LogP contribution in [0.2, 0.25) is 5.02 Å². The Morgan fingerprint density at radius 1 is 1.17 bits per heavy atom. The highest BCUT2D eigenvalue weighted by atomic mass is 35.5. The van der Waals surface area contributed by atoms with E-state index >= 15 is 0 Å². The van der Waals surface area contributed by atoms with Crippen molar-refractivity contribution in [3.8, 4) is 11.1 Å². The molecule has 0 saturated heterocycles. The highest BCUT2D eigenvalue weighted by Gasteiger charge is 2.39. The van der Waals surface area contributed by atoms with Gasteiger partial charge in [-0.05, 0) is 43.3 Å². The molecule has 0 saturated carbocycles. The molecule has 0 aliphatic heterocycles. The third-order valence-corrected chi connectivity index (χ3v) is 4.40. The van der Waals surface area contributed by atoms with E-state index in [4.69, 9.17) is 11.6 Å². The molecule has 150 valence electrons. The van der Waals surface area contributed by atoms with Gasteiger partial charge in [0.25, 0.3) is 5.69 Å². The van der Waals surface area contributed by atoms with E-state index in [1.165, 1.54) is 37.3 Å². The highest BCUT2D eigenvalue weighted by molar-refractivity contribution is 6.30. The number of nitrogens with one attached hydrogen (secondary N) is 1. The fourth-order valence-electron chi connectivity index (χ4n) is 2.87. The zero-order valence-electron chi connectivity index (χ0n) is 14.7. The van der Waals surface area contributed by atoms with Gasteiger partial charge in [0.05, 0.1) is 16.2 Å². The van der Waals surface area contributed by atoms with Crippen LogP contribution in [0.1, 0.15) is 11.4 Å². The first kappa shape index (κ1) is 20.3. The number of aromatic amines is 1. The Morgan fingerprint density at radius 3 is 2.34 bits per heavy atom. The second kappa shape index (κ2) is 7.55. The fourth-order valence-corrected chi connectivity index (χ4v) is 2.99. The van der Waals surface area contributed by atoms with Crippen molar-refractivity contribution in [3.05, 3.63) is 69.0 Å². The SMILES string of the molecule is Cc1[nH]nc(C(F)(F)F)c1-c1ccc(N(C=O)c2ccc(Cl)cc2)cc1[N+](=O)[O-]. The summed E-state index contributed by atoms with van der Waals surface area (Å²) in [6, 6.07) is 9.62. The average Bonchev–Trinajstić information content (AvgIpc) is 3.05. The number of H-pyrrole nitrogens is 1. The lowest BCUT2D eigenvalue weighted by molar-refractivity contribution is -0.384. The van der Waals surface area contributed by atoms with Crippen LogP contribution < -0.4 is 4.90 Å². The molecule has 0 spiro atoms. The molecule has 1 heterocycles. The van der Waals surface area contributed by atoms with Crippen LogP contribution in [-0.4, -0.2) is 21.5 Å². The summed E-state index contributed by atoms with van der Waals surface area (Å²) in [6.07, 6.45) is -4.36. The Bertz CT molecular complexity index is 1080. The van der Waals surface area contributed by atoms with E-state index < -0.39 is 28.0 Å². The molecule has 11 heteroatoms. The molecule has 3 rings (SSSR count). The molecule has 0 fully saturated rings. The molecule has 29 heavy (non-hydrogen) atoms. The van der Waals surface area contributed by atoms with Crippen LogP contribution in [0.5, 0.6) is 0 Å². The van der Waals surface area contributed by atoms with Gasteiger partial charge in [-0.3, -0.25) is 24.9 Å². The summed E-state index contributed by atoms with van der Waals surface area (Å²) >= 11 is 5.82. The summed E-state index contributed by atoms with van der Waals surface area (Å²) < 4.78 is 39.8. The van der Waals surface area contributed by atoms with E-state index in [2.05, 4.69) is 10.2 Å². The number of benzene rings is 2. The molecular formula is C18H12ClF3N4O3. The first-order chi connectivity index (χ1) is 13.6. The van der Waals surface area contributed by atoms with Crippen LogP contribution in [0.3, 0.4) is 0 Å². The van der Waals surface area contributed by atoms with Gasteiger partial charge in [-0.1, -0.05) is 11.6 Å². The number of anilines is 2. The van der Waals surface area contributed by atoms with Gasteiger partial charge in [0.15, 0.2) is 5.69 Å². The number of rotatable bonds is 5. The standard InChI is InChI=1S/C18H12ClF3N4O3/c1-10-16(17(24-23-10)18(20,21)22)14-7-6-13(8-15(14)26(28)29)25(9-27)12-4-2-11(19)3-5-12/h2-9H,1H3,(H,23,24). The van der Waals surface area contributed by atoms with E-state index in [-0.39, 0.29) is 16.9 Å². The average molecular weight is 425 g/mol. The molecule has 0 unspecified atom stereocenters. The topological polar surface area (TPSA) is 92.1 Å². The number of carbonyl (C=O) groups is 1. The number of hydrogen-bond acceptors (Lipinski definition) is 4. The molecule has 1 N–H and O–H groups in total. The number of carbonyl (C=O) groups excluding carboxylic acids is 1. The quantitative estimate of drug-likeness (QED) is 0.343. The lowest BCUT2D eigenvalue weighted by Gasteiger charge is -2.18. The van der Waals surface area contributed by atoms with Crippen molar-refractivity contribution >= 4 is 35.1 Å². The molecule has 0 radical (unpaired) electrons. The zero-order valence-corrected chi connectivity index (χ0v) is 15.5. The second-order valence-electron chi connectivity index (χ2n) is 5.98. The van der Waals surface area contributed by atoms with Crippen LogP contribution in [0.15, 0.2) is 42.5 Å². The van der Waals surface area contributed by atoms with Gasteiger partial charge in [-0.25, -0.2) is 0 Å². The van der Waals surface area contributed by atoms with Gasteiger partial charge < -0.3 is 0 Å². The smallest absolute Gasteiger partial charge is 0.283 e. The summed E-state index contributed by atoms with van der Waals surface area (Å²) in [6.45, 7) is 1.33. The van der Waals surface area contributed by atoms with E-state index in [9.17, 15) is 28.1 Å². The largest absolute Gasteiger partial charge is 0.435 e. The number of aryl methyl sites for hydroxylation is 1. The van der Waals surface area contributed by atoms with Crippen LogP contribution >= 0.6 is 11.6 Å². The maximum absolute atomic E-state index is 13.3. The number of amides is 1. The van der Waals surface area contributed by atoms with Crippen molar-refractivity contribution < 1.29 is 22.9 Å². The van der Waals surface area contributed by atoms with E-state index in [0.29, 0.717) is 17.1 Å². The lowest BCUT2D eigenvalue weighted by Crippen LogP contribution is -2.14. The molecular weight excluding hydrogens is 413 g/mol. The first-order valence-corrected chi connectivity index (χ1v) is 8.42. The highest BCUT2D eigenvalue weighted by Crippen LogP contribution is 2.42. The van der Waals surface area contributed by atoms with Crippen molar-refractivity contribution in [2.24, 2.45) is 0 Å². The normalized spacial score (nSPS) is 11.3. The van der Waals surface area contributed by atoms with Crippen molar-refractivity contribution in [1.82, 2.24) is 10.2 Å². The van der Waals surface area contributed by atoms with Gasteiger partial charge in [0.1, 0.15) is 0 Å². The second-order valence-corrected chi connectivity index (χ2v) is 6.42. The molecule has 0 aliphatic rings. The number of nitro groups is 1. The number of hydrogen-bond donors (Lipinski definition) is 1. The van der Waals surface area contributed by atoms with E-state index in [1.807, 2.05) is 0 Å². The number of aromatic nitrogens is 2. The van der Waals surface area contributed by atoms with Gasteiger partial charge in [-0.15, -0.1) is 0 Å². The molecule has 1 aromatic heterocycles. The van der Waals surface area contributed by atoms with Crippen molar-refractivity contribution in [3.63, 3.8) is 0 Å². The fraction of sp³-hybridized carbons (Fsp3) is 0.111. The third kappa shape index (κ3) is 3.92. The van der Waals surface area contributed by atoms with Gasteiger partial charge in [-0.2, -0.15) is 18.3 Å². The van der Waals surface area contributed by atoms with Gasteiger partial charge in [0, 0.05) is 28.0 Å². The predicted octanol–water partition coefficient (Wildman–Crippen LogP) is 5.26.